The van der Waals surface area contributed by atoms with Crippen molar-refractivity contribution in [2.45, 2.75) is 47.1 Å². The molecule has 2 aromatic carbocycles. The Morgan fingerprint density at radius 2 is 1.77 bits per heavy atom. The molecule has 1 atom stereocenters. The monoisotopic (exact) mass is 410 g/mol. The van der Waals surface area contributed by atoms with E-state index in [0.29, 0.717) is 12.0 Å². The number of hydrogen-bond acceptors (Lipinski definition) is 4. The van der Waals surface area contributed by atoms with E-state index in [0.717, 1.165) is 22.4 Å². The second-order valence-electron chi connectivity index (χ2n) is 7.52. The average Bonchev–Trinajstić information content (AvgIpc) is 2.72. The van der Waals surface area contributed by atoms with Gasteiger partial charge in [-0.1, -0.05) is 36.8 Å². The molecule has 0 aliphatic heterocycles. The van der Waals surface area contributed by atoms with Crippen LogP contribution in [0, 0.1) is 20.8 Å². The lowest BCUT2D eigenvalue weighted by Gasteiger charge is -2.28. The molecule has 0 radical (unpaired) electrons. The standard InChI is InChI=1S/C24H30N2O4/c1-6-18(4)26(14-22(27)25-21-12-8-10-17(3)19(21)5)23(28)15-30-24(29)20-11-7-9-16(2)13-20/h7-13,18H,6,14-15H2,1-5H3,(H,25,27)/t18-/m0/s1. The van der Waals surface area contributed by atoms with Gasteiger partial charge in [0.25, 0.3) is 5.91 Å². The molecule has 6 nitrogen and oxygen atoms in total. The summed E-state index contributed by atoms with van der Waals surface area (Å²) in [4.78, 5) is 39.0. The van der Waals surface area contributed by atoms with Gasteiger partial charge in [0.1, 0.15) is 6.54 Å². The number of nitrogens with zero attached hydrogens (tertiary/aromatic N) is 1. The Morgan fingerprint density at radius 3 is 2.43 bits per heavy atom. The summed E-state index contributed by atoms with van der Waals surface area (Å²) in [5.74, 6) is -1.25. The van der Waals surface area contributed by atoms with Crippen LogP contribution in [0.25, 0.3) is 0 Å². The number of esters is 1. The SMILES string of the molecule is CC[C@H](C)N(CC(=O)Nc1cccc(C)c1C)C(=O)COC(=O)c1cccc(C)c1. The number of benzene rings is 2. The minimum Gasteiger partial charge on any atom is -0.452 e. The molecule has 1 N–H and O–H groups in total. The van der Waals surface area contributed by atoms with E-state index in [1.807, 2.05) is 58.9 Å². The second kappa shape index (κ2) is 10.6. The van der Waals surface area contributed by atoms with E-state index >= 15 is 0 Å². The first kappa shape index (κ1) is 23.1. The zero-order chi connectivity index (χ0) is 22.3. The van der Waals surface area contributed by atoms with Gasteiger partial charge in [0.05, 0.1) is 5.56 Å². The molecule has 0 saturated carbocycles. The summed E-state index contributed by atoms with van der Waals surface area (Å²) in [5, 5.41) is 2.87. The van der Waals surface area contributed by atoms with Crippen molar-refractivity contribution < 1.29 is 19.1 Å². The fraction of sp³-hybridized carbons (Fsp3) is 0.375. The number of rotatable bonds is 8. The van der Waals surface area contributed by atoms with E-state index in [1.165, 1.54) is 4.90 Å². The third kappa shape index (κ3) is 6.17. The smallest absolute Gasteiger partial charge is 0.338 e. The largest absolute Gasteiger partial charge is 0.452 e. The first-order valence-corrected chi connectivity index (χ1v) is 10.1. The van der Waals surface area contributed by atoms with Gasteiger partial charge in [0.2, 0.25) is 5.91 Å². The number of aryl methyl sites for hydroxylation is 2. The van der Waals surface area contributed by atoms with E-state index < -0.39 is 18.5 Å². The summed E-state index contributed by atoms with van der Waals surface area (Å²) >= 11 is 0. The summed E-state index contributed by atoms with van der Waals surface area (Å²) in [6, 6.07) is 12.5. The molecule has 0 bridgehead atoms. The van der Waals surface area contributed by atoms with Gasteiger partial charge in [0.15, 0.2) is 6.61 Å². The van der Waals surface area contributed by atoms with Crippen molar-refractivity contribution in [2.24, 2.45) is 0 Å². The molecule has 0 fully saturated rings. The molecule has 30 heavy (non-hydrogen) atoms. The van der Waals surface area contributed by atoms with Crippen molar-refractivity contribution in [2.75, 3.05) is 18.5 Å². The van der Waals surface area contributed by atoms with Crippen LogP contribution in [0.3, 0.4) is 0 Å². The summed E-state index contributed by atoms with van der Waals surface area (Å²) in [6.07, 6.45) is 0.675. The quantitative estimate of drug-likeness (QED) is 0.667. The highest BCUT2D eigenvalue weighted by molar-refractivity contribution is 5.96. The molecule has 2 aromatic rings. The summed E-state index contributed by atoms with van der Waals surface area (Å²) in [5.41, 5.74) is 4.11. The lowest BCUT2D eigenvalue weighted by Crippen LogP contribution is -2.45. The van der Waals surface area contributed by atoms with Crippen LogP contribution in [0.5, 0.6) is 0 Å². The van der Waals surface area contributed by atoms with E-state index in [9.17, 15) is 14.4 Å². The molecule has 160 valence electrons. The Bertz CT molecular complexity index is 923. The molecule has 0 aromatic heterocycles. The third-order valence-electron chi connectivity index (χ3n) is 5.22. The van der Waals surface area contributed by atoms with E-state index in [2.05, 4.69) is 5.32 Å². The van der Waals surface area contributed by atoms with Crippen molar-refractivity contribution in [3.8, 4) is 0 Å². The van der Waals surface area contributed by atoms with Crippen LogP contribution < -0.4 is 5.32 Å². The van der Waals surface area contributed by atoms with Gasteiger partial charge >= 0.3 is 5.97 Å². The predicted molar refractivity (Wildman–Crippen MR) is 117 cm³/mol. The van der Waals surface area contributed by atoms with Gasteiger partial charge < -0.3 is 15.0 Å². The molecule has 0 aliphatic rings. The molecule has 0 unspecified atom stereocenters. The Balaban J connectivity index is 2.01. The zero-order valence-corrected chi connectivity index (χ0v) is 18.3. The molecule has 6 heteroatoms. The second-order valence-corrected chi connectivity index (χ2v) is 7.52. The molecule has 0 heterocycles. The first-order valence-electron chi connectivity index (χ1n) is 10.1. The van der Waals surface area contributed by atoms with E-state index in [-0.39, 0.29) is 18.5 Å². The first-order chi connectivity index (χ1) is 14.2. The molecule has 2 rings (SSSR count). The van der Waals surface area contributed by atoms with Crippen molar-refractivity contribution >= 4 is 23.5 Å². The average molecular weight is 411 g/mol. The van der Waals surface area contributed by atoms with Crippen LogP contribution in [0.4, 0.5) is 5.69 Å². The fourth-order valence-corrected chi connectivity index (χ4v) is 3.01. The maximum atomic E-state index is 12.7. The Labute approximate surface area is 178 Å². The summed E-state index contributed by atoms with van der Waals surface area (Å²) in [6.45, 7) is 9.08. The van der Waals surface area contributed by atoms with Gasteiger partial charge in [-0.3, -0.25) is 9.59 Å². The number of anilines is 1. The van der Waals surface area contributed by atoms with Crippen LogP contribution >= 0.6 is 0 Å². The van der Waals surface area contributed by atoms with Crippen molar-refractivity contribution in [3.05, 3.63) is 64.7 Å². The van der Waals surface area contributed by atoms with Gasteiger partial charge in [-0.2, -0.15) is 0 Å². The Morgan fingerprint density at radius 1 is 1.07 bits per heavy atom. The molecule has 0 spiro atoms. The maximum absolute atomic E-state index is 12.7. The van der Waals surface area contributed by atoms with Crippen molar-refractivity contribution in [3.63, 3.8) is 0 Å². The van der Waals surface area contributed by atoms with Crippen LogP contribution in [0.15, 0.2) is 42.5 Å². The molecular weight excluding hydrogens is 380 g/mol. The molecular formula is C24H30N2O4. The van der Waals surface area contributed by atoms with Gasteiger partial charge in [-0.25, -0.2) is 4.79 Å². The molecule has 2 amide bonds. The number of ether oxygens (including phenoxy) is 1. The van der Waals surface area contributed by atoms with Crippen molar-refractivity contribution in [1.82, 2.24) is 4.90 Å². The fourth-order valence-electron chi connectivity index (χ4n) is 3.01. The zero-order valence-electron chi connectivity index (χ0n) is 18.3. The van der Waals surface area contributed by atoms with Crippen LogP contribution in [-0.2, 0) is 14.3 Å². The topological polar surface area (TPSA) is 75.7 Å². The third-order valence-corrected chi connectivity index (χ3v) is 5.22. The van der Waals surface area contributed by atoms with Crippen molar-refractivity contribution in [1.29, 1.82) is 0 Å². The van der Waals surface area contributed by atoms with E-state index in [1.54, 1.807) is 18.2 Å². The minimum atomic E-state index is -0.559. The summed E-state index contributed by atoms with van der Waals surface area (Å²) in [7, 11) is 0. The van der Waals surface area contributed by atoms with Crippen LogP contribution in [0.2, 0.25) is 0 Å². The highest BCUT2D eigenvalue weighted by atomic mass is 16.5. The van der Waals surface area contributed by atoms with E-state index in [4.69, 9.17) is 4.74 Å². The number of amides is 2. The number of carbonyl (C=O) groups is 3. The van der Waals surface area contributed by atoms with Gasteiger partial charge in [-0.05, 0) is 63.4 Å². The minimum absolute atomic E-state index is 0.108. The summed E-state index contributed by atoms with van der Waals surface area (Å²) < 4.78 is 5.19. The van der Waals surface area contributed by atoms with Crippen LogP contribution in [0.1, 0.15) is 47.3 Å². The normalized spacial score (nSPS) is 11.5. The number of nitrogens with one attached hydrogen (secondary N) is 1. The number of carbonyl (C=O) groups excluding carboxylic acids is 3. The van der Waals surface area contributed by atoms with Gasteiger partial charge in [-0.15, -0.1) is 0 Å². The highest BCUT2D eigenvalue weighted by Gasteiger charge is 2.23. The molecule has 0 saturated heterocycles. The van der Waals surface area contributed by atoms with Crippen LogP contribution in [-0.4, -0.2) is 41.9 Å². The lowest BCUT2D eigenvalue weighted by atomic mass is 10.1. The molecule has 0 aliphatic carbocycles. The number of hydrogen-bond donors (Lipinski definition) is 1. The maximum Gasteiger partial charge on any atom is 0.338 e. The van der Waals surface area contributed by atoms with Gasteiger partial charge in [0, 0.05) is 11.7 Å². The highest BCUT2D eigenvalue weighted by Crippen LogP contribution is 2.18. The Kier molecular flexibility index (Phi) is 8.16. The predicted octanol–water partition coefficient (Wildman–Crippen LogP) is 4.03. The lowest BCUT2D eigenvalue weighted by molar-refractivity contribution is -0.139. The Hall–Kier alpha value is -3.15.